The molecule has 0 unspecified atom stereocenters. The van der Waals surface area contributed by atoms with Crippen LogP contribution in [-0.2, 0) is 0 Å². The average Bonchev–Trinajstić information content (AvgIpc) is 2.55. The first-order valence-electron chi connectivity index (χ1n) is 7.15. The van der Waals surface area contributed by atoms with E-state index in [0.29, 0.717) is 11.3 Å². The van der Waals surface area contributed by atoms with E-state index < -0.39 is 18.0 Å². The molecule has 120 valence electrons. The monoisotopic (exact) mass is 313 g/mol. The predicted octanol–water partition coefficient (Wildman–Crippen LogP) is 1.95. The molecule has 0 spiro atoms. The fourth-order valence-electron chi connectivity index (χ4n) is 2.21. The van der Waals surface area contributed by atoms with Crippen LogP contribution in [0.5, 0.6) is 0 Å². The summed E-state index contributed by atoms with van der Waals surface area (Å²) >= 11 is 0. The molecule has 5 N–H and O–H groups in total. The van der Waals surface area contributed by atoms with E-state index in [9.17, 15) is 14.7 Å². The van der Waals surface area contributed by atoms with E-state index in [4.69, 9.17) is 5.73 Å². The van der Waals surface area contributed by atoms with Gasteiger partial charge in [0, 0.05) is 11.3 Å². The minimum absolute atomic E-state index is 0.224. The quantitative estimate of drug-likeness (QED) is 0.678. The second-order valence-corrected chi connectivity index (χ2v) is 5.14. The summed E-state index contributed by atoms with van der Waals surface area (Å²) in [5.74, 6) is -0.552. The van der Waals surface area contributed by atoms with Gasteiger partial charge in [-0.05, 0) is 30.2 Å². The zero-order valence-corrected chi connectivity index (χ0v) is 12.7. The number of hydrogen-bond donors (Lipinski definition) is 4. The van der Waals surface area contributed by atoms with E-state index in [1.807, 2.05) is 30.3 Å². The van der Waals surface area contributed by atoms with Crippen molar-refractivity contribution in [3.63, 3.8) is 0 Å². The van der Waals surface area contributed by atoms with E-state index >= 15 is 0 Å². The minimum atomic E-state index is -0.552. The highest BCUT2D eigenvalue weighted by Crippen LogP contribution is 2.16. The maximum absolute atomic E-state index is 12.1. The third kappa shape index (κ3) is 4.31. The van der Waals surface area contributed by atoms with E-state index in [1.54, 1.807) is 19.1 Å². The first kappa shape index (κ1) is 16.5. The number of carbonyl (C=O) groups excluding carboxylic acids is 2. The molecule has 6 nitrogen and oxygen atoms in total. The fraction of sp³-hybridized carbons (Fsp3) is 0.176. The molecule has 0 aliphatic carbocycles. The van der Waals surface area contributed by atoms with Gasteiger partial charge in [0.05, 0.1) is 12.6 Å². The SMILES string of the molecule is Cc1ccc(NC(=O)N[C@H](CO)c2ccccc2)cc1C(N)=O. The molecule has 2 aromatic rings. The summed E-state index contributed by atoms with van der Waals surface area (Å²) < 4.78 is 0. The van der Waals surface area contributed by atoms with Gasteiger partial charge in [0.15, 0.2) is 0 Å². The van der Waals surface area contributed by atoms with Gasteiger partial charge in [0.25, 0.3) is 0 Å². The number of aryl methyl sites for hydroxylation is 1. The van der Waals surface area contributed by atoms with Crippen LogP contribution in [-0.4, -0.2) is 23.7 Å². The summed E-state index contributed by atoms with van der Waals surface area (Å²) in [6.07, 6.45) is 0. The Balaban J connectivity index is 2.07. The number of amides is 3. The Labute approximate surface area is 134 Å². The lowest BCUT2D eigenvalue weighted by Gasteiger charge is -2.17. The molecule has 0 aliphatic heterocycles. The molecule has 23 heavy (non-hydrogen) atoms. The normalized spacial score (nSPS) is 11.6. The van der Waals surface area contributed by atoms with Gasteiger partial charge in [0.1, 0.15) is 0 Å². The number of primary amides is 1. The lowest BCUT2D eigenvalue weighted by molar-refractivity contribution is 0.0999. The summed E-state index contributed by atoms with van der Waals surface area (Å²) in [4.78, 5) is 23.4. The summed E-state index contributed by atoms with van der Waals surface area (Å²) in [5.41, 5.74) is 7.63. The zero-order chi connectivity index (χ0) is 16.8. The second-order valence-electron chi connectivity index (χ2n) is 5.14. The fourth-order valence-corrected chi connectivity index (χ4v) is 2.21. The summed E-state index contributed by atoms with van der Waals surface area (Å²) in [5, 5.41) is 14.8. The van der Waals surface area contributed by atoms with Gasteiger partial charge >= 0.3 is 6.03 Å². The number of aliphatic hydroxyl groups is 1. The molecular formula is C17H19N3O3. The predicted molar refractivity (Wildman–Crippen MR) is 88.1 cm³/mol. The lowest BCUT2D eigenvalue weighted by Crippen LogP contribution is -2.34. The minimum Gasteiger partial charge on any atom is -0.394 e. The highest BCUT2D eigenvalue weighted by atomic mass is 16.3. The first-order chi connectivity index (χ1) is 11.0. The Hall–Kier alpha value is -2.86. The van der Waals surface area contributed by atoms with Gasteiger partial charge < -0.3 is 21.5 Å². The van der Waals surface area contributed by atoms with Crippen molar-refractivity contribution in [2.24, 2.45) is 5.73 Å². The highest BCUT2D eigenvalue weighted by Gasteiger charge is 2.14. The van der Waals surface area contributed by atoms with Crippen molar-refractivity contribution in [2.75, 3.05) is 11.9 Å². The highest BCUT2D eigenvalue weighted by molar-refractivity contribution is 5.97. The Morgan fingerprint density at radius 3 is 2.48 bits per heavy atom. The number of hydrogen-bond acceptors (Lipinski definition) is 3. The number of aliphatic hydroxyl groups excluding tert-OH is 1. The Morgan fingerprint density at radius 1 is 1.17 bits per heavy atom. The number of urea groups is 1. The maximum atomic E-state index is 12.1. The smallest absolute Gasteiger partial charge is 0.319 e. The van der Waals surface area contributed by atoms with Crippen LogP contribution in [0.1, 0.15) is 27.5 Å². The van der Waals surface area contributed by atoms with E-state index in [0.717, 1.165) is 11.1 Å². The third-order valence-corrected chi connectivity index (χ3v) is 3.45. The zero-order valence-electron chi connectivity index (χ0n) is 12.7. The van der Waals surface area contributed by atoms with Gasteiger partial charge in [-0.25, -0.2) is 4.79 Å². The molecule has 0 saturated carbocycles. The van der Waals surface area contributed by atoms with Gasteiger partial charge in [-0.2, -0.15) is 0 Å². The number of nitrogens with one attached hydrogen (secondary N) is 2. The first-order valence-corrected chi connectivity index (χ1v) is 7.15. The average molecular weight is 313 g/mol. The molecule has 0 aliphatic rings. The van der Waals surface area contributed by atoms with E-state index in [1.165, 1.54) is 6.07 Å². The van der Waals surface area contributed by atoms with Gasteiger partial charge in [-0.3, -0.25) is 4.79 Å². The van der Waals surface area contributed by atoms with Crippen LogP contribution in [0, 0.1) is 6.92 Å². The van der Waals surface area contributed by atoms with Crippen molar-refractivity contribution in [1.29, 1.82) is 0 Å². The van der Waals surface area contributed by atoms with Crippen molar-refractivity contribution in [1.82, 2.24) is 5.32 Å². The molecule has 2 rings (SSSR count). The Bertz CT molecular complexity index is 701. The second kappa shape index (κ2) is 7.42. The topological polar surface area (TPSA) is 104 Å². The van der Waals surface area contributed by atoms with Crippen LogP contribution in [0.4, 0.5) is 10.5 Å². The van der Waals surface area contributed by atoms with E-state index in [2.05, 4.69) is 10.6 Å². The Morgan fingerprint density at radius 2 is 1.87 bits per heavy atom. The van der Waals surface area contributed by atoms with Crippen LogP contribution in [0.15, 0.2) is 48.5 Å². The van der Waals surface area contributed by atoms with Crippen LogP contribution >= 0.6 is 0 Å². The summed E-state index contributed by atoms with van der Waals surface area (Å²) in [6, 6.07) is 13.1. The van der Waals surface area contributed by atoms with Crippen molar-refractivity contribution in [3.8, 4) is 0 Å². The van der Waals surface area contributed by atoms with Crippen molar-refractivity contribution >= 4 is 17.6 Å². The van der Waals surface area contributed by atoms with Crippen LogP contribution in [0.3, 0.4) is 0 Å². The van der Waals surface area contributed by atoms with Gasteiger partial charge in [-0.15, -0.1) is 0 Å². The molecular weight excluding hydrogens is 294 g/mol. The number of anilines is 1. The molecule has 0 radical (unpaired) electrons. The largest absolute Gasteiger partial charge is 0.394 e. The molecule has 0 aromatic heterocycles. The molecule has 3 amide bonds. The molecule has 6 heteroatoms. The molecule has 0 heterocycles. The van der Waals surface area contributed by atoms with E-state index in [-0.39, 0.29) is 6.61 Å². The number of carbonyl (C=O) groups is 2. The third-order valence-electron chi connectivity index (χ3n) is 3.45. The number of benzene rings is 2. The molecule has 0 saturated heterocycles. The Kier molecular flexibility index (Phi) is 5.32. The standard InChI is InChI=1S/C17H19N3O3/c1-11-7-8-13(9-14(11)16(18)22)19-17(23)20-15(10-21)12-5-3-2-4-6-12/h2-9,15,21H,10H2,1H3,(H2,18,22)(H2,19,20,23)/t15-/m1/s1. The summed E-state index contributed by atoms with van der Waals surface area (Å²) in [7, 11) is 0. The summed E-state index contributed by atoms with van der Waals surface area (Å²) in [6.45, 7) is 1.54. The van der Waals surface area contributed by atoms with Crippen LogP contribution in [0.2, 0.25) is 0 Å². The lowest BCUT2D eigenvalue weighted by atomic mass is 10.1. The van der Waals surface area contributed by atoms with Crippen LogP contribution < -0.4 is 16.4 Å². The van der Waals surface area contributed by atoms with Crippen molar-refractivity contribution in [2.45, 2.75) is 13.0 Å². The number of nitrogens with two attached hydrogens (primary N) is 1. The molecule has 1 atom stereocenters. The van der Waals surface area contributed by atoms with Crippen molar-refractivity contribution < 1.29 is 14.7 Å². The van der Waals surface area contributed by atoms with Crippen LogP contribution in [0.25, 0.3) is 0 Å². The molecule has 0 bridgehead atoms. The molecule has 0 fully saturated rings. The van der Waals surface area contributed by atoms with Gasteiger partial charge in [-0.1, -0.05) is 36.4 Å². The maximum Gasteiger partial charge on any atom is 0.319 e. The van der Waals surface area contributed by atoms with Crippen molar-refractivity contribution in [3.05, 3.63) is 65.2 Å². The van der Waals surface area contributed by atoms with Gasteiger partial charge in [0.2, 0.25) is 5.91 Å². The molecule has 2 aromatic carbocycles. The number of rotatable bonds is 5.